The van der Waals surface area contributed by atoms with E-state index >= 15 is 0 Å². The molecular formula is C23H29F4N5O3. The molecule has 0 saturated carbocycles. The maximum absolute atomic E-state index is 14.0. The summed E-state index contributed by atoms with van der Waals surface area (Å²) in [5, 5.41) is 19.7. The van der Waals surface area contributed by atoms with E-state index in [1.54, 1.807) is 0 Å². The van der Waals surface area contributed by atoms with Crippen molar-refractivity contribution in [2.45, 2.75) is 57.8 Å². The van der Waals surface area contributed by atoms with Gasteiger partial charge in [-0.05, 0) is 49.8 Å². The molecule has 0 aromatic heterocycles. The standard InChI is InChI=1S/C23H29F4N5O3/c1-13(2)8-19(22(35)31-16(11-28)9-14-4-3-7-29-21(14)34)32-20(33)12-30-18-6-5-15(10-17(18)24)23(25,26)27/h5-6,10,13-14,16,19,30H,3-4,7-9,12H2,1-2H3,(H,29,34)(H,31,35)(H,32,33)/t14-,16-,19-/m0/s1. The number of carbonyl (C=O) groups is 3. The summed E-state index contributed by atoms with van der Waals surface area (Å²) in [5.41, 5.74) is -1.45. The van der Waals surface area contributed by atoms with Crippen LogP contribution < -0.4 is 21.3 Å². The van der Waals surface area contributed by atoms with Gasteiger partial charge in [-0.15, -0.1) is 0 Å². The molecule has 1 saturated heterocycles. The van der Waals surface area contributed by atoms with Gasteiger partial charge in [0.1, 0.15) is 17.9 Å². The smallest absolute Gasteiger partial charge is 0.374 e. The normalized spacial score (nSPS) is 17.7. The van der Waals surface area contributed by atoms with E-state index in [2.05, 4.69) is 21.3 Å². The minimum Gasteiger partial charge on any atom is -0.374 e. The van der Waals surface area contributed by atoms with E-state index in [9.17, 15) is 37.2 Å². The van der Waals surface area contributed by atoms with Crippen LogP contribution in [0.5, 0.6) is 0 Å². The van der Waals surface area contributed by atoms with E-state index in [-0.39, 0.29) is 30.4 Å². The molecule has 3 atom stereocenters. The summed E-state index contributed by atoms with van der Waals surface area (Å²) >= 11 is 0. The first-order valence-corrected chi connectivity index (χ1v) is 11.3. The summed E-state index contributed by atoms with van der Waals surface area (Å²) in [5.74, 6) is -3.03. The van der Waals surface area contributed by atoms with Gasteiger partial charge in [-0.3, -0.25) is 14.4 Å². The molecule has 1 aliphatic rings. The van der Waals surface area contributed by atoms with Crippen LogP contribution >= 0.6 is 0 Å². The van der Waals surface area contributed by atoms with Gasteiger partial charge in [-0.2, -0.15) is 18.4 Å². The maximum atomic E-state index is 14.0. The van der Waals surface area contributed by atoms with Crippen LogP contribution in [0, 0.1) is 29.0 Å². The Hall–Kier alpha value is -3.36. The maximum Gasteiger partial charge on any atom is 0.416 e. The predicted octanol–water partition coefficient (Wildman–Crippen LogP) is 2.71. The summed E-state index contributed by atoms with van der Waals surface area (Å²) in [6.07, 6.45) is -2.92. The Morgan fingerprint density at radius 3 is 2.54 bits per heavy atom. The topological polar surface area (TPSA) is 123 Å². The van der Waals surface area contributed by atoms with Gasteiger partial charge in [-0.25, -0.2) is 4.39 Å². The number of alkyl halides is 3. The molecule has 3 amide bonds. The zero-order chi connectivity index (χ0) is 26.2. The van der Waals surface area contributed by atoms with E-state index in [1.807, 2.05) is 19.9 Å². The molecule has 0 radical (unpaired) electrons. The molecule has 2 rings (SSSR count). The second-order valence-corrected chi connectivity index (χ2v) is 8.85. The minimum absolute atomic E-state index is 0.00368. The first kappa shape index (κ1) is 27.9. The van der Waals surface area contributed by atoms with Gasteiger partial charge in [0.2, 0.25) is 17.7 Å². The second-order valence-electron chi connectivity index (χ2n) is 8.85. The molecule has 0 unspecified atom stereocenters. The number of rotatable bonds is 10. The predicted molar refractivity (Wildman–Crippen MR) is 119 cm³/mol. The van der Waals surface area contributed by atoms with E-state index in [0.717, 1.165) is 12.5 Å². The average Bonchev–Trinajstić information content (AvgIpc) is 2.77. The fraction of sp³-hybridized carbons (Fsp3) is 0.565. The quantitative estimate of drug-likeness (QED) is 0.369. The molecule has 35 heavy (non-hydrogen) atoms. The average molecular weight is 500 g/mol. The SMILES string of the molecule is CC(C)C[C@H](NC(=O)CNc1ccc(C(F)(F)F)cc1F)C(=O)N[C@H](C#N)C[C@@H]1CCCNC1=O. The molecule has 1 aromatic rings. The largest absolute Gasteiger partial charge is 0.416 e. The molecule has 1 aromatic carbocycles. The summed E-state index contributed by atoms with van der Waals surface area (Å²) in [6, 6.07) is 1.93. The zero-order valence-corrected chi connectivity index (χ0v) is 19.5. The van der Waals surface area contributed by atoms with Crippen molar-refractivity contribution >= 4 is 23.4 Å². The lowest BCUT2D eigenvalue weighted by Crippen LogP contribution is -2.51. The molecule has 8 nitrogen and oxygen atoms in total. The Morgan fingerprint density at radius 1 is 1.26 bits per heavy atom. The van der Waals surface area contributed by atoms with Crippen LogP contribution in [0.1, 0.15) is 45.1 Å². The third-order valence-electron chi connectivity index (χ3n) is 5.49. The third-order valence-corrected chi connectivity index (χ3v) is 5.49. The Morgan fingerprint density at radius 2 is 1.97 bits per heavy atom. The van der Waals surface area contributed by atoms with Crippen LogP contribution in [0.4, 0.5) is 23.2 Å². The zero-order valence-electron chi connectivity index (χ0n) is 19.5. The van der Waals surface area contributed by atoms with E-state index in [1.165, 1.54) is 0 Å². The molecule has 1 heterocycles. The lowest BCUT2D eigenvalue weighted by Gasteiger charge is -2.26. The Labute approximate surface area is 200 Å². The van der Waals surface area contributed by atoms with Crippen LogP contribution in [-0.4, -0.2) is 42.9 Å². The fourth-order valence-electron chi connectivity index (χ4n) is 3.72. The third kappa shape index (κ3) is 8.73. The Kier molecular flexibility index (Phi) is 9.86. The number of hydrogen-bond acceptors (Lipinski definition) is 5. The lowest BCUT2D eigenvalue weighted by atomic mass is 9.91. The summed E-state index contributed by atoms with van der Waals surface area (Å²) in [7, 11) is 0. The van der Waals surface area contributed by atoms with Crippen LogP contribution in [0.2, 0.25) is 0 Å². The number of nitrogens with zero attached hydrogens (tertiary/aromatic N) is 1. The van der Waals surface area contributed by atoms with Crippen LogP contribution in [0.25, 0.3) is 0 Å². The highest BCUT2D eigenvalue weighted by Crippen LogP contribution is 2.31. The van der Waals surface area contributed by atoms with Crippen molar-refractivity contribution in [1.82, 2.24) is 16.0 Å². The lowest BCUT2D eigenvalue weighted by molar-refractivity contribution is -0.137. The first-order chi connectivity index (χ1) is 16.4. The van der Waals surface area contributed by atoms with E-state index < -0.39 is 53.9 Å². The van der Waals surface area contributed by atoms with Gasteiger partial charge < -0.3 is 21.3 Å². The molecule has 0 spiro atoms. The second kappa shape index (κ2) is 12.4. The number of piperidine rings is 1. The van der Waals surface area contributed by atoms with E-state index in [0.29, 0.717) is 25.1 Å². The number of amides is 3. The van der Waals surface area contributed by atoms with E-state index in [4.69, 9.17) is 0 Å². The molecular weight excluding hydrogens is 470 g/mol. The van der Waals surface area contributed by atoms with Crippen LogP contribution in [-0.2, 0) is 20.6 Å². The Balaban J connectivity index is 1.97. The van der Waals surface area contributed by atoms with Crippen molar-refractivity contribution in [3.8, 4) is 6.07 Å². The molecule has 4 N–H and O–H groups in total. The minimum atomic E-state index is -4.70. The van der Waals surface area contributed by atoms with Crippen molar-refractivity contribution in [3.63, 3.8) is 0 Å². The van der Waals surface area contributed by atoms with Gasteiger partial charge in [0, 0.05) is 12.5 Å². The van der Waals surface area contributed by atoms with Crippen LogP contribution in [0.15, 0.2) is 18.2 Å². The Bertz CT molecular complexity index is 961. The van der Waals surface area contributed by atoms with Gasteiger partial charge in [0.25, 0.3) is 0 Å². The molecule has 192 valence electrons. The molecule has 0 bridgehead atoms. The molecule has 0 aliphatic carbocycles. The first-order valence-electron chi connectivity index (χ1n) is 11.3. The summed E-state index contributed by atoms with van der Waals surface area (Å²) < 4.78 is 52.0. The monoisotopic (exact) mass is 499 g/mol. The van der Waals surface area contributed by atoms with Crippen molar-refractivity contribution in [1.29, 1.82) is 5.26 Å². The number of carbonyl (C=O) groups excluding carboxylic acids is 3. The summed E-state index contributed by atoms with van der Waals surface area (Å²) in [4.78, 5) is 37.2. The van der Waals surface area contributed by atoms with Gasteiger partial charge in [-0.1, -0.05) is 13.8 Å². The van der Waals surface area contributed by atoms with Crippen LogP contribution in [0.3, 0.4) is 0 Å². The summed E-state index contributed by atoms with van der Waals surface area (Å²) in [6.45, 7) is 3.74. The van der Waals surface area contributed by atoms with Crippen molar-refractivity contribution < 1.29 is 31.9 Å². The number of nitrogens with one attached hydrogen (secondary N) is 4. The highest BCUT2D eigenvalue weighted by molar-refractivity contribution is 5.89. The van der Waals surface area contributed by atoms with Gasteiger partial charge in [0.05, 0.1) is 23.9 Å². The fourth-order valence-corrected chi connectivity index (χ4v) is 3.72. The number of anilines is 1. The molecule has 1 fully saturated rings. The molecule has 12 heteroatoms. The van der Waals surface area contributed by atoms with Crippen molar-refractivity contribution in [2.75, 3.05) is 18.4 Å². The number of benzene rings is 1. The molecule has 1 aliphatic heterocycles. The number of hydrogen-bond donors (Lipinski definition) is 4. The highest BCUT2D eigenvalue weighted by Gasteiger charge is 2.31. The van der Waals surface area contributed by atoms with Crippen molar-refractivity contribution in [2.24, 2.45) is 11.8 Å². The van der Waals surface area contributed by atoms with Gasteiger partial charge >= 0.3 is 6.18 Å². The van der Waals surface area contributed by atoms with Crippen molar-refractivity contribution in [3.05, 3.63) is 29.6 Å². The number of halogens is 4. The van der Waals surface area contributed by atoms with Gasteiger partial charge in [0.15, 0.2) is 0 Å². The number of nitriles is 1. The highest BCUT2D eigenvalue weighted by atomic mass is 19.4.